The van der Waals surface area contributed by atoms with E-state index in [-0.39, 0.29) is 35.8 Å². The van der Waals surface area contributed by atoms with Crippen molar-refractivity contribution in [3.63, 3.8) is 0 Å². The van der Waals surface area contributed by atoms with Gasteiger partial charge in [0.05, 0.1) is 17.4 Å². The number of carbonyl (C=O) groups is 2. The number of aliphatic imine (C=N–C) groups is 1. The molecule has 0 aliphatic carbocycles. The smallest absolute Gasteiger partial charge is 0.261 e. The number of unbranched alkanes of at least 4 members (excludes halogenated alkanes) is 1. The van der Waals surface area contributed by atoms with Crippen LogP contribution >= 0.6 is 24.0 Å². The fourth-order valence-electron chi connectivity index (χ4n) is 2.95. The van der Waals surface area contributed by atoms with Crippen molar-refractivity contribution < 1.29 is 14.0 Å². The summed E-state index contributed by atoms with van der Waals surface area (Å²) >= 11 is 0. The van der Waals surface area contributed by atoms with E-state index in [9.17, 15) is 9.59 Å². The fraction of sp³-hybridized carbons (Fsp3) is 0.350. The zero-order valence-electron chi connectivity index (χ0n) is 15.8. The fourth-order valence-corrected chi connectivity index (χ4v) is 2.95. The van der Waals surface area contributed by atoms with Crippen LogP contribution in [0.15, 0.2) is 52.1 Å². The number of nitrogens with zero attached hydrogens (tertiary/aromatic N) is 2. The third kappa shape index (κ3) is 5.34. The zero-order chi connectivity index (χ0) is 19.1. The monoisotopic (exact) mass is 496 g/mol. The first-order chi connectivity index (χ1) is 13.2. The summed E-state index contributed by atoms with van der Waals surface area (Å²) in [4.78, 5) is 30.4. The van der Waals surface area contributed by atoms with Crippen LogP contribution in [0.4, 0.5) is 0 Å². The SMILES string of the molecule is CCNC(=NCc1ccco1)NCCCCN1C(=O)c2ccccc2C1=O.I. The third-order valence-electron chi connectivity index (χ3n) is 4.30. The van der Waals surface area contributed by atoms with Crippen molar-refractivity contribution in [2.45, 2.75) is 26.3 Å². The second kappa shape index (κ2) is 10.8. The average Bonchev–Trinajstić information content (AvgIpc) is 3.28. The summed E-state index contributed by atoms with van der Waals surface area (Å²) in [5.74, 6) is 1.13. The molecule has 1 aliphatic heterocycles. The topological polar surface area (TPSA) is 86.9 Å². The molecular formula is C20H25IN4O3. The molecule has 0 fully saturated rings. The number of hydrogen-bond acceptors (Lipinski definition) is 4. The molecule has 150 valence electrons. The lowest BCUT2D eigenvalue weighted by Gasteiger charge is -2.14. The molecule has 0 radical (unpaired) electrons. The van der Waals surface area contributed by atoms with Crippen LogP contribution in [0.5, 0.6) is 0 Å². The minimum atomic E-state index is -0.197. The summed E-state index contributed by atoms with van der Waals surface area (Å²) in [6.07, 6.45) is 3.18. The van der Waals surface area contributed by atoms with E-state index in [0.717, 1.165) is 31.1 Å². The number of furan rings is 1. The van der Waals surface area contributed by atoms with Crippen molar-refractivity contribution >= 4 is 41.8 Å². The van der Waals surface area contributed by atoms with Crippen LogP contribution in [0, 0.1) is 0 Å². The van der Waals surface area contributed by atoms with Gasteiger partial charge in [-0.1, -0.05) is 12.1 Å². The van der Waals surface area contributed by atoms with E-state index in [0.29, 0.717) is 30.8 Å². The number of hydrogen-bond donors (Lipinski definition) is 2. The van der Waals surface area contributed by atoms with E-state index < -0.39 is 0 Å². The van der Waals surface area contributed by atoms with Crippen molar-refractivity contribution in [2.75, 3.05) is 19.6 Å². The summed E-state index contributed by atoms with van der Waals surface area (Å²) in [7, 11) is 0. The number of halogens is 1. The molecule has 28 heavy (non-hydrogen) atoms. The lowest BCUT2D eigenvalue weighted by molar-refractivity contribution is 0.0652. The summed E-state index contributed by atoms with van der Waals surface area (Å²) in [5.41, 5.74) is 1.00. The summed E-state index contributed by atoms with van der Waals surface area (Å²) in [5, 5.41) is 6.44. The van der Waals surface area contributed by atoms with Crippen molar-refractivity contribution in [3.05, 3.63) is 59.5 Å². The molecule has 1 aliphatic rings. The van der Waals surface area contributed by atoms with Crippen LogP contribution in [-0.2, 0) is 6.54 Å². The number of benzene rings is 1. The highest BCUT2D eigenvalue weighted by atomic mass is 127. The number of fused-ring (bicyclic) bond motifs is 1. The van der Waals surface area contributed by atoms with Crippen LogP contribution in [0.1, 0.15) is 46.2 Å². The Hall–Kier alpha value is -2.36. The number of amides is 2. The van der Waals surface area contributed by atoms with Crippen LogP contribution in [-0.4, -0.2) is 42.3 Å². The highest BCUT2D eigenvalue weighted by Gasteiger charge is 2.34. The highest BCUT2D eigenvalue weighted by Crippen LogP contribution is 2.22. The van der Waals surface area contributed by atoms with Gasteiger partial charge in [-0.3, -0.25) is 14.5 Å². The molecule has 0 unspecified atom stereocenters. The van der Waals surface area contributed by atoms with Gasteiger partial charge in [-0.15, -0.1) is 24.0 Å². The Morgan fingerprint density at radius 1 is 1.04 bits per heavy atom. The largest absolute Gasteiger partial charge is 0.467 e. The molecule has 7 nitrogen and oxygen atoms in total. The molecule has 0 spiro atoms. The molecule has 0 saturated carbocycles. The van der Waals surface area contributed by atoms with Crippen molar-refractivity contribution in [1.29, 1.82) is 0 Å². The second-order valence-corrected chi connectivity index (χ2v) is 6.22. The first kappa shape index (κ1) is 21.9. The standard InChI is InChI=1S/C20H24N4O3.HI/c1-2-21-20(23-14-15-8-7-13-27-15)22-11-5-6-12-24-18(25)16-9-3-4-10-17(16)19(24)26;/h3-4,7-10,13H,2,5-6,11-12,14H2,1H3,(H2,21,22,23);1H. The molecule has 2 amide bonds. The highest BCUT2D eigenvalue weighted by molar-refractivity contribution is 14.0. The van der Waals surface area contributed by atoms with Crippen molar-refractivity contribution in [1.82, 2.24) is 15.5 Å². The maximum atomic E-state index is 12.3. The van der Waals surface area contributed by atoms with Gasteiger partial charge in [0.2, 0.25) is 0 Å². The van der Waals surface area contributed by atoms with Gasteiger partial charge in [0.1, 0.15) is 12.3 Å². The summed E-state index contributed by atoms with van der Waals surface area (Å²) in [6.45, 7) is 4.37. The third-order valence-corrected chi connectivity index (χ3v) is 4.30. The Balaban J connectivity index is 0.00000280. The van der Waals surface area contributed by atoms with Gasteiger partial charge in [-0.05, 0) is 44.0 Å². The first-order valence-corrected chi connectivity index (χ1v) is 9.20. The van der Waals surface area contributed by atoms with Crippen LogP contribution < -0.4 is 10.6 Å². The number of rotatable bonds is 8. The van der Waals surface area contributed by atoms with Gasteiger partial charge in [0.15, 0.2) is 5.96 Å². The molecule has 2 aromatic rings. The van der Waals surface area contributed by atoms with E-state index in [2.05, 4.69) is 15.6 Å². The van der Waals surface area contributed by atoms with Crippen LogP contribution in [0.3, 0.4) is 0 Å². The van der Waals surface area contributed by atoms with Gasteiger partial charge in [0, 0.05) is 19.6 Å². The number of guanidine groups is 1. The van der Waals surface area contributed by atoms with Gasteiger partial charge < -0.3 is 15.1 Å². The number of nitrogens with one attached hydrogen (secondary N) is 2. The van der Waals surface area contributed by atoms with Crippen molar-refractivity contribution in [3.8, 4) is 0 Å². The van der Waals surface area contributed by atoms with E-state index in [4.69, 9.17) is 4.42 Å². The molecule has 2 heterocycles. The lowest BCUT2D eigenvalue weighted by atomic mass is 10.1. The van der Waals surface area contributed by atoms with E-state index >= 15 is 0 Å². The van der Waals surface area contributed by atoms with E-state index in [1.807, 2.05) is 19.1 Å². The molecule has 1 aromatic heterocycles. The van der Waals surface area contributed by atoms with Crippen LogP contribution in [0.2, 0.25) is 0 Å². The maximum absolute atomic E-state index is 12.3. The Morgan fingerprint density at radius 3 is 2.36 bits per heavy atom. The molecule has 0 atom stereocenters. The van der Waals surface area contributed by atoms with Gasteiger partial charge in [0.25, 0.3) is 11.8 Å². The van der Waals surface area contributed by atoms with Gasteiger partial charge in [-0.2, -0.15) is 0 Å². The van der Waals surface area contributed by atoms with Gasteiger partial charge in [-0.25, -0.2) is 4.99 Å². The van der Waals surface area contributed by atoms with Gasteiger partial charge >= 0.3 is 0 Å². The Kier molecular flexibility index (Phi) is 8.49. The average molecular weight is 496 g/mol. The predicted octanol–water partition coefficient (Wildman–Crippen LogP) is 3.03. The molecular weight excluding hydrogens is 471 g/mol. The molecule has 3 rings (SSSR count). The Morgan fingerprint density at radius 2 is 1.75 bits per heavy atom. The normalized spacial score (nSPS) is 13.3. The molecule has 2 N–H and O–H groups in total. The van der Waals surface area contributed by atoms with Crippen LogP contribution in [0.25, 0.3) is 0 Å². The molecule has 0 bridgehead atoms. The Bertz CT molecular complexity index is 786. The zero-order valence-corrected chi connectivity index (χ0v) is 18.1. The predicted molar refractivity (Wildman–Crippen MR) is 118 cm³/mol. The maximum Gasteiger partial charge on any atom is 0.261 e. The lowest BCUT2D eigenvalue weighted by Crippen LogP contribution is -2.38. The van der Waals surface area contributed by atoms with E-state index in [1.54, 1.807) is 30.5 Å². The quantitative estimate of drug-likeness (QED) is 0.193. The molecule has 1 aromatic carbocycles. The van der Waals surface area contributed by atoms with E-state index in [1.165, 1.54) is 4.90 Å². The Labute approximate surface area is 181 Å². The number of imide groups is 1. The van der Waals surface area contributed by atoms with Crippen molar-refractivity contribution in [2.24, 2.45) is 4.99 Å². The number of carbonyl (C=O) groups excluding carboxylic acids is 2. The minimum Gasteiger partial charge on any atom is -0.467 e. The second-order valence-electron chi connectivity index (χ2n) is 6.22. The minimum absolute atomic E-state index is 0. The summed E-state index contributed by atoms with van der Waals surface area (Å²) in [6, 6.07) is 10.7. The molecule has 8 heteroatoms. The summed E-state index contributed by atoms with van der Waals surface area (Å²) < 4.78 is 5.28. The molecule has 0 saturated heterocycles. The first-order valence-electron chi connectivity index (χ1n) is 9.20.